The first kappa shape index (κ1) is 24.3. The predicted octanol–water partition coefficient (Wildman–Crippen LogP) is 2.02. The van der Waals surface area contributed by atoms with Gasteiger partial charge in [0.05, 0.1) is 11.6 Å². The molecule has 5 amide bonds. The van der Waals surface area contributed by atoms with Gasteiger partial charge in [-0.3, -0.25) is 24.2 Å². The molecule has 34 heavy (non-hydrogen) atoms. The first-order chi connectivity index (χ1) is 16.4. The number of likely N-dealkylation sites (tertiary alicyclic amines) is 2. The molecule has 0 aromatic heterocycles. The molecule has 4 aliphatic rings. The number of nitrogens with two attached hydrogens (primary N) is 1. The maximum atomic E-state index is 13.2. The van der Waals surface area contributed by atoms with E-state index >= 15 is 0 Å². The van der Waals surface area contributed by atoms with Gasteiger partial charge in [-0.15, -0.1) is 0 Å². The fourth-order valence-electron chi connectivity index (χ4n) is 5.50. The molecule has 0 spiro atoms. The molecule has 0 aromatic rings. The molecule has 9 nitrogen and oxygen atoms in total. The van der Waals surface area contributed by atoms with Crippen molar-refractivity contribution in [3.8, 4) is 0 Å². The smallest absolute Gasteiger partial charge is 0.350 e. The molecule has 2 N–H and O–H groups in total. The van der Waals surface area contributed by atoms with Gasteiger partial charge in [-0.05, 0) is 51.3 Å². The second kappa shape index (κ2) is 10.2. The van der Waals surface area contributed by atoms with Crippen LogP contribution in [-0.2, 0) is 14.4 Å². The average Bonchev–Trinajstić information content (AvgIpc) is 2.85. The Morgan fingerprint density at radius 2 is 1.79 bits per heavy atom. The number of hydrogen-bond donors (Lipinski definition) is 1. The van der Waals surface area contributed by atoms with Gasteiger partial charge in [-0.2, -0.15) is 4.99 Å². The SMILES string of the molecule is CCCCCN1C(=O)N=C2C=C(C(=O)N3CCC(C(N)=O)(N4CCCCC4)CC3)C=CC2C1=O. The molecule has 1 unspecified atom stereocenters. The molecule has 2 saturated heterocycles. The van der Waals surface area contributed by atoms with E-state index in [0.717, 1.165) is 45.2 Å². The van der Waals surface area contributed by atoms with Crippen molar-refractivity contribution in [3.05, 3.63) is 23.8 Å². The Bertz CT molecular complexity index is 939. The Morgan fingerprint density at radius 1 is 1.09 bits per heavy atom. The zero-order valence-electron chi connectivity index (χ0n) is 20.0. The number of carbonyl (C=O) groups excluding carboxylic acids is 4. The highest BCUT2D eigenvalue weighted by Gasteiger charge is 2.46. The summed E-state index contributed by atoms with van der Waals surface area (Å²) in [4.78, 5) is 60.2. The Balaban J connectivity index is 1.43. The second-order valence-electron chi connectivity index (χ2n) is 9.69. The lowest BCUT2D eigenvalue weighted by Gasteiger charge is -2.48. The van der Waals surface area contributed by atoms with Gasteiger partial charge in [0.1, 0.15) is 5.54 Å². The number of aliphatic imine (C=N–C) groups is 1. The number of rotatable bonds is 7. The van der Waals surface area contributed by atoms with Gasteiger partial charge in [-0.25, -0.2) is 4.79 Å². The van der Waals surface area contributed by atoms with Crippen molar-refractivity contribution < 1.29 is 19.2 Å². The third-order valence-corrected chi connectivity index (χ3v) is 7.61. The monoisotopic (exact) mass is 469 g/mol. The summed E-state index contributed by atoms with van der Waals surface area (Å²) in [5.41, 5.74) is 5.89. The van der Waals surface area contributed by atoms with Crippen LogP contribution in [0.2, 0.25) is 0 Å². The number of nitrogens with zero attached hydrogens (tertiary/aromatic N) is 4. The highest BCUT2D eigenvalue weighted by molar-refractivity contribution is 6.23. The summed E-state index contributed by atoms with van der Waals surface area (Å²) < 4.78 is 0. The van der Waals surface area contributed by atoms with Gasteiger partial charge in [0.25, 0.3) is 5.91 Å². The van der Waals surface area contributed by atoms with Crippen LogP contribution in [0, 0.1) is 5.92 Å². The maximum absolute atomic E-state index is 13.2. The van der Waals surface area contributed by atoms with E-state index in [2.05, 4.69) is 16.8 Å². The van der Waals surface area contributed by atoms with Crippen LogP contribution in [0.25, 0.3) is 0 Å². The number of unbranched alkanes of at least 4 members (excludes halogenated alkanes) is 2. The van der Waals surface area contributed by atoms with E-state index in [0.29, 0.717) is 43.8 Å². The summed E-state index contributed by atoms with van der Waals surface area (Å²) in [5.74, 6) is -1.40. The highest BCUT2D eigenvalue weighted by Crippen LogP contribution is 2.32. The van der Waals surface area contributed by atoms with E-state index < -0.39 is 17.5 Å². The summed E-state index contributed by atoms with van der Waals surface area (Å²) in [6.45, 7) is 5.03. The van der Waals surface area contributed by atoms with E-state index in [1.165, 1.54) is 11.3 Å². The normalized spacial score (nSPS) is 25.0. The molecule has 4 rings (SSSR count). The third kappa shape index (κ3) is 4.58. The molecule has 2 fully saturated rings. The van der Waals surface area contributed by atoms with Crippen molar-refractivity contribution >= 4 is 29.5 Å². The number of amides is 5. The molecule has 184 valence electrons. The lowest BCUT2D eigenvalue weighted by atomic mass is 9.83. The van der Waals surface area contributed by atoms with Crippen LogP contribution in [-0.4, -0.2) is 82.4 Å². The molecule has 0 radical (unpaired) electrons. The third-order valence-electron chi connectivity index (χ3n) is 7.61. The first-order valence-electron chi connectivity index (χ1n) is 12.6. The number of imide groups is 1. The van der Waals surface area contributed by atoms with Gasteiger partial charge in [-0.1, -0.05) is 38.3 Å². The van der Waals surface area contributed by atoms with E-state index in [1.807, 2.05) is 0 Å². The topological polar surface area (TPSA) is 116 Å². The maximum Gasteiger partial charge on any atom is 0.350 e. The Kier molecular flexibility index (Phi) is 7.30. The van der Waals surface area contributed by atoms with E-state index in [-0.39, 0.29) is 17.7 Å². The quantitative estimate of drug-likeness (QED) is 0.573. The van der Waals surface area contributed by atoms with Gasteiger partial charge in [0, 0.05) is 25.2 Å². The van der Waals surface area contributed by atoms with Crippen LogP contribution in [0.4, 0.5) is 4.79 Å². The van der Waals surface area contributed by atoms with Crippen LogP contribution in [0.15, 0.2) is 28.8 Å². The zero-order chi connectivity index (χ0) is 24.3. The van der Waals surface area contributed by atoms with Crippen LogP contribution in [0.1, 0.15) is 58.3 Å². The van der Waals surface area contributed by atoms with Crippen LogP contribution in [0.3, 0.4) is 0 Å². The van der Waals surface area contributed by atoms with Gasteiger partial charge < -0.3 is 10.6 Å². The number of urea groups is 1. The lowest BCUT2D eigenvalue weighted by Crippen LogP contribution is -2.63. The van der Waals surface area contributed by atoms with E-state index in [9.17, 15) is 19.2 Å². The van der Waals surface area contributed by atoms with E-state index in [1.54, 1.807) is 23.1 Å². The summed E-state index contributed by atoms with van der Waals surface area (Å²) in [6.07, 6.45) is 11.9. The van der Waals surface area contributed by atoms with Crippen molar-refractivity contribution in [2.75, 3.05) is 32.7 Å². The number of fused-ring (bicyclic) bond motifs is 1. The second-order valence-corrected chi connectivity index (χ2v) is 9.69. The number of hydrogen-bond acceptors (Lipinski definition) is 5. The summed E-state index contributed by atoms with van der Waals surface area (Å²) in [5, 5.41) is 0. The number of carbonyl (C=O) groups is 4. The van der Waals surface area contributed by atoms with Gasteiger partial charge in [0.2, 0.25) is 11.8 Å². The minimum Gasteiger partial charge on any atom is -0.368 e. The minimum absolute atomic E-state index is 0.181. The molecule has 0 saturated carbocycles. The molecule has 3 aliphatic heterocycles. The number of primary amides is 1. The standard InChI is InChI=1S/C25H35N5O4/c1-2-3-5-14-30-22(32)19-9-8-18(17-20(19)27-24(30)34)21(31)28-15-10-25(11-16-28,23(26)33)29-12-6-4-7-13-29/h8-9,17,19H,2-7,10-16H2,1H3,(H2,26,33). The summed E-state index contributed by atoms with van der Waals surface area (Å²) in [6, 6.07) is -0.559. The molecule has 1 atom stereocenters. The van der Waals surface area contributed by atoms with Gasteiger partial charge in [0.15, 0.2) is 0 Å². The Morgan fingerprint density at radius 3 is 2.44 bits per heavy atom. The van der Waals surface area contributed by atoms with Crippen molar-refractivity contribution in [2.45, 2.75) is 63.8 Å². The highest BCUT2D eigenvalue weighted by atomic mass is 16.2. The van der Waals surface area contributed by atoms with Crippen molar-refractivity contribution in [1.29, 1.82) is 0 Å². The Hall–Kier alpha value is -2.81. The number of allylic oxidation sites excluding steroid dienone is 1. The summed E-state index contributed by atoms with van der Waals surface area (Å²) >= 11 is 0. The minimum atomic E-state index is -0.688. The molecular formula is C25H35N5O4. The van der Waals surface area contributed by atoms with Crippen molar-refractivity contribution in [2.24, 2.45) is 16.6 Å². The van der Waals surface area contributed by atoms with Crippen LogP contribution < -0.4 is 5.73 Å². The predicted molar refractivity (Wildman–Crippen MR) is 128 cm³/mol. The largest absolute Gasteiger partial charge is 0.368 e. The van der Waals surface area contributed by atoms with Crippen LogP contribution >= 0.6 is 0 Å². The molecule has 0 aromatic carbocycles. The molecule has 3 heterocycles. The first-order valence-corrected chi connectivity index (χ1v) is 12.6. The molecule has 0 bridgehead atoms. The van der Waals surface area contributed by atoms with Gasteiger partial charge >= 0.3 is 6.03 Å². The van der Waals surface area contributed by atoms with Crippen molar-refractivity contribution in [1.82, 2.24) is 14.7 Å². The van der Waals surface area contributed by atoms with Crippen LogP contribution in [0.5, 0.6) is 0 Å². The fourth-order valence-corrected chi connectivity index (χ4v) is 5.50. The number of piperidine rings is 2. The van der Waals surface area contributed by atoms with Crippen molar-refractivity contribution in [3.63, 3.8) is 0 Å². The molecule has 1 aliphatic carbocycles. The molecular weight excluding hydrogens is 434 g/mol. The lowest BCUT2D eigenvalue weighted by molar-refractivity contribution is -0.140. The molecule has 9 heteroatoms. The summed E-state index contributed by atoms with van der Waals surface area (Å²) in [7, 11) is 0. The zero-order valence-corrected chi connectivity index (χ0v) is 20.0. The fraction of sp³-hybridized carbons (Fsp3) is 0.640. The van der Waals surface area contributed by atoms with E-state index in [4.69, 9.17) is 5.73 Å². The Labute approximate surface area is 200 Å². The average molecular weight is 470 g/mol.